The number of aliphatic carboxylic acids is 2. The first-order chi connectivity index (χ1) is 12.0. The van der Waals surface area contributed by atoms with Crippen LogP contribution in [0, 0.1) is 0 Å². The van der Waals surface area contributed by atoms with Crippen molar-refractivity contribution in [2.24, 2.45) is 0 Å². The molecule has 0 fully saturated rings. The van der Waals surface area contributed by atoms with Gasteiger partial charge in [-0.3, -0.25) is 4.79 Å². The number of quaternary nitrogens is 1. The van der Waals surface area contributed by atoms with Crippen molar-refractivity contribution in [1.82, 2.24) is 6.15 Å². The van der Waals surface area contributed by atoms with Crippen molar-refractivity contribution in [3.63, 3.8) is 0 Å². The maximum atomic E-state index is 10.3. The molecular weight excluding hydrogens is 350 g/mol. The van der Waals surface area contributed by atoms with Crippen molar-refractivity contribution < 1.29 is 30.4 Å². The Labute approximate surface area is 164 Å². The van der Waals surface area contributed by atoms with Gasteiger partial charge in [0.05, 0.1) is 0 Å². The molecule has 164 valence electrons. The highest BCUT2D eigenvalue weighted by Crippen LogP contribution is 2.11. The number of hydrogen-bond acceptors (Lipinski definition) is 4. The van der Waals surface area contributed by atoms with E-state index in [1.807, 2.05) is 0 Å². The Balaban J connectivity index is -0.000000333. The van der Waals surface area contributed by atoms with E-state index in [2.05, 4.69) is 19.1 Å². The molecule has 0 atom stereocenters. The van der Waals surface area contributed by atoms with E-state index in [4.69, 9.17) is 20.1 Å². The maximum Gasteiger partial charge on any atom is 0.329 e. The maximum absolute atomic E-state index is 10.3. The average molecular weight is 394 g/mol. The Hall–Kier alpha value is -1.44. The van der Waals surface area contributed by atoms with E-state index < -0.39 is 18.5 Å². The van der Waals surface area contributed by atoms with Gasteiger partial charge in [-0.05, 0) is 32.1 Å². The fraction of sp³-hybridized carbons (Fsp3) is 0.800. The van der Waals surface area contributed by atoms with Crippen LogP contribution in [0.25, 0.3) is 0 Å². The van der Waals surface area contributed by atoms with Crippen LogP contribution in [0.1, 0.15) is 96.8 Å². The first-order valence-corrected chi connectivity index (χ1v) is 9.74. The van der Waals surface area contributed by atoms with Gasteiger partial charge in [0, 0.05) is 6.42 Å². The van der Waals surface area contributed by atoms with Crippen LogP contribution in [-0.4, -0.2) is 39.3 Å². The number of hydrogen-bond donors (Lipinski definition) is 4. The molecule has 0 aromatic heterocycles. The van der Waals surface area contributed by atoms with Gasteiger partial charge in [-0.15, -0.1) is 0 Å². The fourth-order valence-corrected chi connectivity index (χ4v) is 2.35. The van der Waals surface area contributed by atoms with Gasteiger partial charge in [-0.25, -0.2) is 4.79 Å². The Morgan fingerprint density at radius 3 is 1.44 bits per heavy atom. The van der Waals surface area contributed by atoms with Crippen LogP contribution < -0.4 is 6.15 Å². The number of carboxylic acid groups (broad SMARTS) is 2. The molecule has 0 aromatic rings. The quantitative estimate of drug-likeness (QED) is 0.203. The van der Waals surface area contributed by atoms with Gasteiger partial charge < -0.3 is 26.9 Å². The molecule has 0 aliphatic rings. The van der Waals surface area contributed by atoms with Crippen molar-refractivity contribution >= 4 is 11.9 Å². The molecule has 0 aliphatic heterocycles. The summed E-state index contributed by atoms with van der Waals surface area (Å²) in [4.78, 5) is 19.4. The summed E-state index contributed by atoms with van der Waals surface area (Å²) in [6.45, 7) is 1.49. The monoisotopic (exact) mass is 393 g/mol. The Morgan fingerprint density at radius 1 is 0.704 bits per heavy atom. The lowest BCUT2D eigenvalue weighted by Gasteiger charge is -2.00. The minimum absolute atomic E-state index is 0. The van der Waals surface area contributed by atoms with Crippen molar-refractivity contribution in [2.75, 3.05) is 6.61 Å². The predicted molar refractivity (Wildman–Crippen MR) is 110 cm³/mol. The van der Waals surface area contributed by atoms with Crippen LogP contribution in [0.15, 0.2) is 12.2 Å². The molecule has 0 saturated carbocycles. The van der Waals surface area contributed by atoms with E-state index in [1.54, 1.807) is 0 Å². The molecule has 0 bridgehead atoms. The van der Waals surface area contributed by atoms with Gasteiger partial charge >= 0.3 is 11.9 Å². The van der Waals surface area contributed by atoms with Gasteiger partial charge in [-0.1, -0.05) is 70.4 Å². The van der Waals surface area contributed by atoms with Crippen molar-refractivity contribution in [3.8, 4) is 0 Å². The first-order valence-electron chi connectivity index (χ1n) is 9.74. The van der Waals surface area contributed by atoms with Crippen LogP contribution in [0.4, 0.5) is 0 Å². The van der Waals surface area contributed by atoms with E-state index in [-0.39, 0.29) is 11.6 Å². The number of allylic oxidation sites excluding steroid dienone is 2. The molecule has 0 amide bonds. The van der Waals surface area contributed by atoms with Crippen molar-refractivity contribution in [3.05, 3.63) is 12.2 Å². The SMILES string of the molecule is CCCCCCCCCCC/C=C\CCCCC(=O)O.O=C(O)CO.[NH4+].[OH-]. The van der Waals surface area contributed by atoms with Crippen LogP contribution in [-0.2, 0) is 9.59 Å². The van der Waals surface area contributed by atoms with Crippen molar-refractivity contribution in [2.45, 2.75) is 96.8 Å². The Kier molecular flexibility index (Phi) is 36.0. The zero-order chi connectivity index (χ0) is 19.2. The van der Waals surface area contributed by atoms with Gasteiger partial charge in [0.15, 0.2) is 0 Å². The number of carbonyl (C=O) groups is 2. The molecule has 0 aromatic carbocycles. The summed E-state index contributed by atoms with van der Waals surface area (Å²) in [5, 5.41) is 23.5. The van der Waals surface area contributed by atoms with E-state index in [9.17, 15) is 4.79 Å². The minimum atomic E-state index is -1.19. The second-order valence-corrected chi connectivity index (χ2v) is 6.28. The van der Waals surface area contributed by atoms with E-state index in [0.717, 1.165) is 19.3 Å². The van der Waals surface area contributed by atoms with Crippen LogP contribution in [0.5, 0.6) is 0 Å². The normalized spacial score (nSPS) is 9.70. The summed E-state index contributed by atoms with van der Waals surface area (Å²) in [7, 11) is 0. The largest absolute Gasteiger partial charge is 0.870 e. The predicted octanol–water partition coefficient (Wildman–Crippen LogP) is 5.37. The summed E-state index contributed by atoms with van der Waals surface area (Å²) in [6.07, 6.45) is 21.3. The lowest BCUT2D eigenvalue weighted by molar-refractivity contribution is -0.140. The molecule has 27 heavy (non-hydrogen) atoms. The summed E-state index contributed by atoms with van der Waals surface area (Å²) < 4.78 is 0. The number of aliphatic hydroxyl groups excluding tert-OH is 1. The minimum Gasteiger partial charge on any atom is -0.870 e. The molecule has 0 rings (SSSR count). The number of unbranched alkanes of at least 4 members (excludes halogenated alkanes) is 11. The standard InChI is InChI=1S/C18H34O2.C2H4O3.H3N.H2O/c1-2-3-4-5-6-7-8-9-10-11-12-13-14-15-16-17-18(19)20;3-1-2(4)5;;/h12-13H,2-11,14-17H2,1H3,(H,19,20);3H,1H2,(H,4,5);1H3;1H2/b13-12-;;;. The molecule has 8 N–H and O–H groups in total. The molecular formula is C20H43NO6. The zero-order valence-electron chi connectivity index (χ0n) is 17.4. The molecule has 0 heterocycles. The lowest BCUT2D eigenvalue weighted by atomic mass is 10.1. The second-order valence-electron chi connectivity index (χ2n) is 6.28. The third kappa shape index (κ3) is 40.5. The molecule has 0 radical (unpaired) electrons. The third-order valence-corrected chi connectivity index (χ3v) is 3.79. The molecule has 7 heteroatoms. The number of carboxylic acids is 2. The molecule has 0 spiro atoms. The smallest absolute Gasteiger partial charge is 0.329 e. The molecule has 7 nitrogen and oxygen atoms in total. The number of rotatable bonds is 16. The Morgan fingerprint density at radius 2 is 1.07 bits per heavy atom. The van der Waals surface area contributed by atoms with E-state index >= 15 is 0 Å². The van der Waals surface area contributed by atoms with Gasteiger partial charge in [0.25, 0.3) is 0 Å². The number of aliphatic hydroxyl groups is 1. The van der Waals surface area contributed by atoms with Gasteiger partial charge in [0.2, 0.25) is 0 Å². The zero-order valence-corrected chi connectivity index (χ0v) is 17.4. The lowest BCUT2D eigenvalue weighted by Crippen LogP contribution is -1.98. The average Bonchev–Trinajstić information content (AvgIpc) is 2.58. The summed E-state index contributed by atoms with van der Waals surface area (Å²) >= 11 is 0. The fourth-order valence-electron chi connectivity index (χ4n) is 2.35. The summed E-state index contributed by atoms with van der Waals surface area (Å²) in [5.74, 6) is -1.87. The van der Waals surface area contributed by atoms with Crippen LogP contribution in [0.2, 0.25) is 0 Å². The summed E-state index contributed by atoms with van der Waals surface area (Å²) in [5.41, 5.74) is 0. The van der Waals surface area contributed by atoms with Crippen LogP contribution in [0.3, 0.4) is 0 Å². The first kappa shape index (κ1) is 33.2. The Bertz CT molecular complexity index is 334. The highest BCUT2D eigenvalue weighted by molar-refractivity contribution is 5.67. The molecule has 0 saturated heterocycles. The highest BCUT2D eigenvalue weighted by atomic mass is 16.4. The van der Waals surface area contributed by atoms with Gasteiger partial charge in [0.1, 0.15) is 6.61 Å². The van der Waals surface area contributed by atoms with Crippen LogP contribution >= 0.6 is 0 Å². The third-order valence-electron chi connectivity index (χ3n) is 3.79. The van der Waals surface area contributed by atoms with E-state index in [1.165, 1.54) is 64.2 Å². The van der Waals surface area contributed by atoms with Crippen molar-refractivity contribution in [1.29, 1.82) is 0 Å². The van der Waals surface area contributed by atoms with E-state index in [0.29, 0.717) is 6.42 Å². The summed E-state index contributed by atoms with van der Waals surface area (Å²) in [6, 6.07) is 0. The molecule has 0 unspecified atom stereocenters. The van der Waals surface area contributed by atoms with Gasteiger partial charge in [-0.2, -0.15) is 0 Å². The molecule has 0 aliphatic carbocycles. The second kappa shape index (κ2) is 29.3. The highest BCUT2D eigenvalue weighted by Gasteiger charge is 1.94. The topological polar surface area (TPSA) is 161 Å².